The van der Waals surface area contributed by atoms with Crippen molar-refractivity contribution in [2.75, 3.05) is 12.0 Å². The lowest BCUT2D eigenvalue weighted by Crippen LogP contribution is -2.31. The summed E-state index contributed by atoms with van der Waals surface area (Å²) in [5.74, 6) is -0.931. The zero-order valence-corrected chi connectivity index (χ0v) is 14.2. The molecule has 0 aromatic carbocycles. The molecule has 0 N–H and O–H groups in total. The topological polar surface area (TPSA) is 97.8 Å². The average Bonchev–Trinajstić information content (AvgIpc) is 2.72. The van der Waals surface area contributed by atoms with Gasteiger partial charge in [-0.05, 0) is 23.6 Å². The maximum atomic E-state index is 11.5. The molecule has 0 atom stereocenters. The molecule has 0 spiro atoms. The fourth-order valence-electron chi connectivity index (χ4n) is 1.92. The number of hydroxylamine groups is 2. The van der Waals surface area contributed by atoms with Crippen molar-refractivity contribution in [3.05, 3.63) is 0 Å². The lowest BCUT2D eigenvalue weighted by Gasteiger charge is -2.12. The summed E-state index contributed by atoms with van der Waals surface area (Å²) in [6.45, 7) is 0. The molecular weight excluding hydrogens is 330 g/mol. The molecule has 126 valence electrons. The number of carbonyl (C=O) groups excluding carboxylic acids is 3. The molecule has 1 heterocycles. The molecule has 0 saturated carbocycles. The highest BCUT2D eigenvalue weighted by molar-refractivity contribution is 8.71. The van der Waals surface area contributed by atoms with E-state index in [1.165, 1.54) is 6.26 Å². The van der Waals surface area contributed by atoms with Crippen molar-refractivity contribution in [1.29, 1.82) is 0 Å². The summed E-state index contributed by atoms with van der Waals surface area (Å²) >= 11 is 0. The Morgan fingerprint density at radius 2 is 1.64 bits per heavy atom. The second-order valence-corrected chi connectivity index (χ2v) is 9.66. The predicted molar refractivity (Wildman–Crippen MR) is 82.2 cm³/mol. The van der Waals surface area contributed by atoms with Crippen molar-refractivity contribution in [1.82, 2.24) is 5.06 Å². The van der Waals surface area contributed by atoms with Crippen LogP contribution in [0.4, 0.5) is 0 Å². The van der Waals surface area contributed by atoms with E-state index < -0.39 is 26.7 Å². The normalized spacial score (nSPS) is 15.4. The Labute approximate surface area is 134 Å². The Hall–Kier alpha value is -1.09. The van der Waals surface area contributed by atoms with Gasteiger partial charge in [-0.1, -0.05) is 19.3 Å². The number of imide groups is 1. The van der Waals surface area contributed by atoms with Gasteiger partial charge in [-0.2, -0.15) is 0 Å². The van der Waals surface area contributed by atoms with E-state index in [1.807, 2.05) is 0 Å². The second kappa shape index (κ2) is 9.14. The molecule has 2 amide bonds. The van der Waals surface area contributed by atoms with Gasteiger partial charge < -0.3 is 4.84 Å². The fraction of sp³-hybridized carbons (Fsp3) is 0.769. The summed E-state index contributed by atoms with van der Waals surface area (Å²) < 4.78 is 21.8. The van der Waals surface area contributed by atoms with E-state index in [0.717, 1.165) is 36.5 Å². The van der Waals surface area contributed by atoms with Gasteiger partial charge in [0.1, 0.15) is 0 Å². The van der Waals surface area contributed by atoms with Crippen LogP contribution in [0, 0.1) is 0 Å². The average molecular weight is 351 g/mol. The molecule has 0 bridgehead atoms. The number of rotatable bonds is 10. The Morgan fingerprint density at radius 1 is 1.09 bits per heavy atom. The number of nitrogens with zero attached hydrogens (tertiary/aromatic N) is 1. The van der Waals surface area contributed by atoms with Crippen LogP contribution < -0.4 is 0 Å². The molecule has 0 unspecified atom stereocenters. The van der Waals surface area contributed by atoms with Crippen LogP contribution in [0.1, 0.15) is 51.4 Å². The smallest absolute Gasteiger partial charge is 0.330 e. The first-order chi connectivity index (χ1) is 10.3. The summed E-state index contributed by atoms with van der Waals surface area (Å²) in [6, 6.07) is 0. The van der Waals surface area contributed by atoms with Crippen LogP contribution in [-0.4, -0.2) is 43.3 Å². The summed E-state index contributed by atoms with van der Waals surface area (Å²) in [6.07, 6.45) is 5.61. The van der Waals surface area contributed by atoms with Crippen molar-refractivity contribution in [3.63, 3.8) is 0 Å². The first kappa shape index (κ1) is 19.0. The first-order valence-electron chi connectivity index (χ1n) is 7.20. The van der Waals surface area contributed by atoms with Crippen LogP contribution >= 0.6 is 10.8 Å². The number of amides is 2. The molecule has 0 aromatic rings. The minimum atomic E-state index is -2.96. The van der Waals surface area contributed by atoms with Gasteiger partial charge in [0.25, 0.3) is 11.8 Å². The van der Waals surface area contributed by atoms with E-state index in [0.29, 0.717) is 17.2 Å². The van der Waals surface area contributed by atoms with E-state index >= 15 is 0 Å². The van der Waals surface area contributed by atoms with Gasteiger partial charge in [-0.3, -0.25) is 9.59 Å². The zero-order valence-electron chi connectivity index (χ0n) is 12.6. The van der Waals surface area contributed by atoms with Crippen molar-refractivity contribution >= 4 is 37.4 Å². The maximum Gasteiger partial charge on any atom is 0.333 e. The summed E-state index contributed by atoms with van der Waals surface area (Å²) in [7, 11) is -2.01. The van der Waals surface area contributed by atoms with Crippen LogP contribution in [0.2, 0.25) is 0 Å². The third-order valence-corrected chi connectivity index (χ3v) is 5.69. The highest BCUT2D eigenvalue weighted by Crippen LogP contribution is 2.15. The van der Waals surface area contributed by atoms with Gasteiger partial charge in [0.05, 0.1) is 0 Å². The Kier molecular flexibility index (Phi) is 7.88. The van der Waals surface area contributed by atoms with E-state index in [1.54, 1.807) is 0 Å². The van der Waals surface area contributed by atoms with Crippen LogP contribution in [-0.2, 0) is 28.1 Å². The van der Waals surface area contributed by atoms with Crippen molar-refractivity contribution in [2.24, 2.45) is 0 Å². The molecule has 1 aliphatic rings. The van der Waals surface area contributed by atoms with Gasteiger partial charge in [0.15, 0.2) is 8.87 Å². The maximum absolute atomic E-state index is 11.5. The lowest BCUT2D eigenvalue weighted by molar-refractivity contribution is -0.197. The number of carbonyl (C=O) groups is 3. The molecule has 0 aliphatic carbocycles. The van der Waals surface area contributed by atoms with Gasteiger partial charge in [0, 0.05) is 31.3 Å². The molecular formula is C13H21NO6S2. The standard InChI is InChI=1S/C13H21NO6S2/c1-22(18,19)21-10-6-4-2-3-5-7-13(17)20-14-11(15)8-9-12(14)16/h2-10H2,1H3. The third-order valence-electron chi connectivity index (χ3n) is 3.02. The fourth-order valence-corrected chi connectivity index (χ4v) is 3.80. The van der Waals surface area contributed by atoms with Crippen LogP contribution in [0.5, 0.6) is 0 Å². The van der Waals surface area contributed by atoms with Crippen LogP contribution in [0.15, 0.2) is 0 Å². The third kappa shape index (κ3) is 7.79. The molecule has 1 rings (SSSR count). The predicted octanol–water partition coefficient (Wildman–Crippen LogP) is 1.63. The molecule has 1 saturated heterocycles. The van der Waals surface area contributed by atoms with E-state index in [-0.39, 0.29) is 19.3 Å². The summed E-state index contributed by atoms with van der Waals surface area (Å²) in [4.78, 5) is 38.7. The summed E-state index contributed by atoms with van der Waals surface area (Å²) in [5, 5.41) is 0.560. The van der Waals surface area contributed by atoms with E-state index in [2.05, 4.69) is 0 Å². The van der Waals surface area contributed by atoms with Crippen molar-refractivity contribution in [2.45, 2.75) is 51.4 Å². The second-order valence-electron chi connectivity index (χ2n) is 5.09. The Balaban J connectivity index is 2.01. The van der Waals surface area contributed by atoms with Crippen molar-refractivity contribution in [3.8, 4) is 0 Å². The molecule has 0 aromatic heterocycles. The van der Waals surface area contributed by atoms with E-state index in [9.17, 15) is 22.8 Å². The quantitative estimate of drug-likeness (QED) is 0.335. The van der Waals surface area contributed by atoms with Crippen LogP contribution in [0.25, 0.3) is 0 Å². The molecule has 9 heteroatoms. The molecule has 1 fully saturated rings. The molecule has 7 nitrogen and oxygen atoms in total. The first-order valence-corrected chi connectivity index (χ1v) is 10.6. The number of hydrogen-bond donors (Lipinski definition) is 0. The number of hydrogen-bond acceptors (Lipinski definition) is 7. The number of unbranched alkanes of at least 4 members (excludes halogenated alkanes) is 4. The van der Waals surface area contributed by atoms with Gasteiger partial charge in [-0.25, -0.2) is 13.2 Å². The van der Waals surface area contributed by atoms with Gasteiger partial charge in [-0.15, -0.1) is 5.06 Å². The van der Waals surface area contributed by atoms with Gasteiger partial charge >= 0.3 is 5.97 Å². The minimum Gasteiger partial charge on any atom is -0.330 e. The Bertz CT molecular complexity index is 501. The zero-order chi connectivity index (χ0) is 16.6. The minimum absolute atomic E-state index is 0.0948. The highest BCUT2D eigenvalue weighted by atomic mass is 33.1. The Morgan fingerprint density at radius 3 is 2.23 bits per heavy atom. The van der Waals surface area contributed by atoms with Crippen LogP contribution in [0.3, 0.4) is 0 Å². The summed E-state index contributed by atoms with van der Waals surface area (Å²) in [5.41, 5.74) is 0. The van der Waals surface area contributed by atoms with Gasteiger partial charge in [0.2, 0.25) is 0 Å². The lowest BCUT2D eigenvalue weighted by atomic mass is 10.1. The largest absolute Gasteiger partial charge is 0.333 e. The van der Waals surface area contributed by atoms with Crippen molar-refractivity contribution < 1.29 is 27.6 Å². The monoisotopic (exact) mass is 351 g/mol. The van der Waals surface area contributed by atoms with E-state index in [4.69, 9.17) is 4.84 Å². The molecule has 0 radical (unpaired) electrons. The highest BCUT2D eigenvalue weighted by Gasteiger charge is 2.32. The molecule has 1 aliphatic heterocycles. The molecule has 22 heavy (non-hydrogen) atoms. The SMILES string of the molecule is CS(=O)(=O)SCCCCCCCC(=O)ON1C(=O)CCC1=O.